The number of phenols is 1. The molecule has 0 bridgehead atoms. The Labute approximate surface area is 112 Å². The predicted molar refractivity (Wildman–Crippen MR) is 69.5 cm³/mol. The van der Waals surface area contributed by atoms with E-state index in [2.05, 4.69) is 27.8 Å². The minimum absolute atomic E-state index is 0.0136. The summed E-state index contributed by atoms with van der Waals surface area (Å²) >= 11 is 3.17. The molecule has 0 aliphatic carbocycles. The number of halogens is 1. The fraction of sp³-hybridized carbons (Fsp3) is 0.167. The number of rotatable bonds is 5. The van der Waals surface area contributed by atoms with E-state index < -0.39 is 17.9 Å². The van der Waals surface area contributed by atoms with Gasteiger partial charge < -0.3 is 15.5 Å². The van der Waals surface area contributed by atoms with Crippen molar-refractivity contribution in [2.24, 2.45) is 0 Å². The van der Waals surface area contributed by atoms with Gasteiger partial charge in [0, 0.05) is 4.47 Å². The fourth-order valence-corrected chi connectivity index (χ4v) is 1.68. The lowest BCUT2D eigenvalue weighted by Crippen LogP contribution is -2.40. The Bertz CT molecular complexity index is 487. The van der Waals surface area contributed by atoms with Gasteiger partial charge in [-0.25, -0.2) is 4.79 Å². The summed E-state index contributed by atoms with van der Waals surface area (Å²) in [6, 6.07) is 3.28. The van der Waals surface area contributed by atoms with Gasteiger partial charge in [0.1, 0.15) is 11.8 Å². The van der Waals surface area contributed by atoms with Gasteiger partial charge in [-0.1, -0.05) is 22.0 Å². The normalized spacial score (nSPS) is 11.6. The number of amides is 1. The van der Waals surface area contributed by atoms with Crippen molar-refractivity contribution < 1.29 is 19.8 Å². The maximum Gasteiger partial charge on any atom is 0.326 e. The molecule has 1 aromatic rings. The summed E-state index contributed by atoms with van der Waals surface area (Å²) in [5, 5.41) is 20.7. The molecule has 1 rings (SSSR count). The maximum absolute atomic E-state index is 11.8. The maximum atomic E-state index is 11.8. The molecule has 0 radical (unpaired) electrons. The van der Waals surface area contributed by atoms with Gasteiger partial charge in [-0.15, -0.1) is 6.58 Å². The molecule has 0 aliphatic heterocycles. The highest BCUT2D eigenvalue weighted by atomic mass is 79.9. The average molecular weight is 314 g/mol. The van der Waals surface area contributed by atoms with E-state index in [-0.39, 0.29) is 17.7 Å². The number of carbonyl (C=O) groups excluding carboxylic acids is 1. The third kappa shape index (κ3) is 3.59. The molecule has 0 spiro atoms. The van der Waals surface area contributed by atoms with E-state index in [4.69, 9.17) is 5.11 Å². The number of hydrogen-bond donors (Lipinski definition) is 3. The van der Waals surface area contributed by atoms with Crippen LogP contribution >= 0.6 is 15.9 Å². The summed E-state index contributed by atoms with van der Waals surface area (Å²) < 4.78 is 0.612. The topological polar surface area (TPSA) is 86.6 Å². The van der Waals surface area contributed by atoms with Gasteiger partial charge in [0.05, 0.1) is 5.56 Å². The van der Waals surface area contributed by atoms with Crippen molar-refractivity contribution in [3.63, 3.8) is 0 Å². The first kappa shape index (κ1) is 14.2. The second-order valence-corrected chi connectivity index (χ2v) is 4.47. The summed E-state index contributed by atoms with van der Waals surface area (Å²) in [6.45, 7) is 3.42. The number of aromatic hydroxyl groups is 1. The van der Waals surface area contributed by atoms with Gasteiger partial charge in [0.2, 0.25) is 0 Å². The number of carbonyl (C=O) groups is 2. The average Bonchev–Trinajstić information content (AvgIpc) is 2.31. The highest BCUT2D eigenvalue weighted by Gasteiger charge is 2.20. The number of carboxylic acid groups (broad SMARTS) is 1. The standard InChI is InChI=1S/C12H12BrNO4/c1-2-3-9(12(17)18)14-11(16)8-6-7(13)4-5-10(8)15/h2,4-6,9,15H,1,3H2,(H,14,16)(H,17,18). The Kier molecular flexibility index (Phi) is 4.91. The van der Waals surface area contributed by atoms with Gasteiger partial charge >= 0.3 is 5.97 Å². The molecule has 0 saturated heterocycles. The van der Waals surface area contributed by atoms with Crippen LogP contribution in [-0.2, 0) is 4.79 Å². The second kappa shape index (κ2) is 6.20. The Hall–Kier alpha value is -1.82. The lowest BCUT2D eigenvalue weighted by atomic mass is 10.1. The first-order valence-electron chi connectivity index (χ1n) is 5.08. The quantitative estimate of drug-likeness (QED) is 0.725. The van der Waals surface area contributed by atoms with E-state index in [1.807, 2.05) is 0 Å². The van der Waals surface area contributed by atoms with Crippen LogP contribution in [0.15, 0.2) is 35.3 Å². The van der Waals surface area contributed by atoms with Crippen LogP contribution in [-0.4, -0.2) is 28.1 Å². The van der Waals surface area contributed by atoms with Crippen molar-refractivity contribution in [3.05, 3.63) is 40.9 Å². The monoisotopic (exact) mass is 313 g/mol. The van der Waals surface area contributed by atoms with Crippen LogP contribution in [0.25, 0.3) is 0 Å². The molecule has 1 unspecified atom stereocenters. The first-order valence-corrected chi connectivity index (χ1v) is 5.88. The number of phenolic OH excluding ortho intramolecular Hbond substituents is 1. The van der Waals surface area contributed by atoms with E-state index in [0.29, 0.717) is 4.47 Å². The van der Waals surface area contributed by atoms with Crippen LogP contribution < -0.4 is 5.32 Å². The highest BCUT2D eigenvalue weighted by molar-refractivity contribution is 9.10. The van der Waals surface area contributed by atoms with E-state index >= 15 is 0 Å². The van der Waals surface area contributed by atoms with Crippen LogP contribution in [0.1, 0.15) is 16.8 Å². The molecule has 0 aliphatic rings. The fourth-order valence-electron chi connectivity index (χ4n) is 1.31. The van der Waals surface area contributed by atoms with Crippen molar-refractivity contribution in [3.8, 4) is 5.75 Å². The molecule has 96 valence electrons. The summed E-state index contributed by atoms with van der Waals surface area (Å²) in [5.74, 6) is -2.01. The van der Waals surface area contributed by atoms with E-state index in [9.17, 15) is 14.7 Å². The van der Waals surface area contributed by atoms with Crippen LogP contribution in [0.4, 0.5) is 0 Å². The second-order valence-electron chi connectivity index (χ2n) is 3.55. The SMILES string of the molecule is C=CCC(NC(=O)c1cc(Br)ccc1O)C(=O)O. The number of carboxylic acids is 1. The zero-order chi connectivity index (χ0) is 13.7. The van der Waals surface area contributed by atoms with Crippen molar-refractivity contribution in [2.75, 3.05) is 0 Å². The van der Waals surface area contributed by atoms with Crippen molar-refractivity contribution >= 4 is 27.8 Å². The smallest absolute Gasteiger partial charge is 0.326 e. The molecule has 18 heavy (non-hydrogen) atoms. The third-order valence-corrected chi connectivity index (χ3v) is 2.70. The molecular weight excluding hydrogens is 302 g/mol. The van der Waals surface area contributed by atoms with Crippen molar-refractivity contribution in [1.82, 2.24) is 5.32 Å². The zero-order valence-corrected chi connectivity index (χ0v) is 11.0. The molecule has 6 heteroatoms. The minimum atomic E-state index is -1.15. The Morgan fingerprint density at radius 1 is 1.50 bits per heavy atom. The molecular formula is C12H12BrNO4. The summed E-state index contributed by atoms with van der Waals surface area (Å²) in [7, 11) is 0. The summed E-state index contributed by atoms with van der Waals surface area (Å²) in [4.78, 5) is 22.7. The molecule has 0 heterocycles. The van der Waals surface area contributed by atoms with Gasteiger partial charge in [0.25, 0.3) is 5.91 Å². The molecule has 0 aromatic heterocycles. The molecule has 1 aromatic carbocycles. The van der Waals surface area contributed by atoms with Gasteiger partial charge in [-0.05, 0) is 24.6 Å². The highest BCUT2D eigenvalue weighted by Crippen LogP contribution is 2.21. The van der Waals surface area contributed by atoms with E-state index in [1.165, 1.54) is 18.2 Å². The van der Waals surface area contributed by atoms with E-state index in [1.54, 1.807) is 6.07 Å². The summed E-state index contributed by atoms with van der Waals surface area (Å²) in [6.07, 6.45) is 1.51. The van der Waals surface area contributed by atoms with Gasteiger partial charge in [-0.3, -0.25) is 4.79 Å². The minimum Gasteiger partial charge on any atom is -0.507 e. The number of aliphatic carboxylic acids is 1. The number of benzene rings is 1. The van der Waals surface area contributed by atoms with Gasteiger partial charge in [0.15, 0.2) is 0 Å². The van der Waals surface area contributed by atoms with Crippen molar-refractivity contribution in [1.29, 1.82) is 0 Å². The zero-order valence-electron chi connectivity index (χ0n) is 9.39. The molecule has 5 nitrogen and oxygen atoms in total. The van der Waals surface area contributed by atoms with Gasteiger partial charge in [-0.2, -0.15) is 0 Å². The van der Waals surface area contributed by atoms with Crippen LogP contribution in [0.3, 0.4) is 0 Å². The third-order valence-electron chi connectivity index (χ3n) is 2.21. The Morgan fingerprint density at radius 3 is 2.72 bits per heavy atom. The molecule has 0 saturated carbocycles. The van der Waals surface area contributed by atoms with Crippen molar-refractivity contribution in [2.45, 2.75) is 12.5 Å². The molecule has 1 amide bonds. The molecule has 0 fully saturated rings. The summed E-state index contributed by atoms with van der Waals surface area (Å²) in [5.41, 5.74) is 0.0136. The predicted octanol–water partition coefficient (Wildman–Crippen LogP) is 1.91. The molecule has 1 atom stereocenters. The van der Waals surface area contributed by atoms with Crippen LogP contribution in [0, 0.1) is 0 Å². The first-order chi connectivity index (χ1) is 8.45. The van der Waals surface area contributed by atoms with E-state index in [0.717, 1.165) is 0 Å². The number of hydrogen-bond acceptors (Lipinski definition) is 3. The lowest BCUT2D eigenvalue weighted by Gasteiger charge is -2.13. The van der Waals surface area contributed by atoms with Crippen LogP contribution in [0.5, 0.6) is 5.75 Å². The Morgan fingerprint density at radius 2 is 2.17 bits per heavy atom. The van der Waals surface area contributed by atoms with Crippen LogP contribution in [0.2, 0.25) is 0 Å². The number of nitrogens with one attached hydrogen (secondary N) is 1. The lowest BCUT2D eigenvalue weighted by molar-refractivity contribution is -0.139. The Balaban J connectivity index is 2.89. The molecule has 3 N–H and O–H groups in total. The largest absolute Gasteiger partial charge is 0.507 e.